The second-order valence-electron chi connectivity index (χ2n) is 4.82. The molecule has 0 aromatic heterocycles. The maximum Gasteiger partial charge on any atom is 0.266 e. The van der Waals surface area contributed by atoms with Crippen molar-refractivity contribution < 1.29 is 9.90 Å². The number of nitrogens with one attached hydrogen (secondary N) is 1. The molecule has 2 N–H and O–H groups in total. The van der Waals surface area contributed by atoms with E-state index in [1.54, 1.807) is 24.3 Å². The molecule has 0 fully saturated rings. The summed E-state index contributed by atoms with van der Waals surface area (Å²) < 4.78 is 1.18. The van der Waals surface area contributed by atoms with Crippen LogP contribution in [0.1, 0.15) is 11.1 Å². The van der Waals surface area contributed by atoms with Crippen molar-refractivity contribution in [1.29, 1.82) is 5.26 Å². The monoisotopic (exact) mass is 434 g/mol. The molecule has 2 aromatic carbocycles. The molecule has 0 saturated carbocycles. The second kappa shape index (κ2) is 7.44. The SMILES string of the molecule is Cc1cccc(NC(=O)/C(C#N)=C\c2cc(Br)cc(Br)c2O)c1. The number of halogens is 2. The molecule has 23 heavy (non-hydrogen) atoms. The molecule has 0 bridgehead atoms. The fourth-order valence-corrected chi connectivity index (χ4v) is 3.18. The van der Waals surface area contributed by atoms with Gasteiger partial charge in [0.25, 0.3) is 5.91 Å². The highest BCUT2D eigenvalue weighted by atomic mass is 79.9. The molecular formula is C17H12Br2N2O2. The number of phenolic OH excluding ortho intramolecular Hbond substituents is 1. The number of aromatic hydroxyl groups is 1. The largest absolute Gasteiger partial charge is 0.506 e. The van der Waals surface area contributed by atoms with Gasteiger partial charge in [-0.1, -0.05) is 28.1 Å². The molecule has 0 spiro atoms. The average Bonchev–Trinajstić information content (AvgIpc) is 2.49. The summed E-state index contributed by atoms with van der Waals surface area (Å²) in [6, 6.07) is 12.4. The Kier molecular flexibility index (Phi) is 5.59. The third kappa shape index (κ3) is 4.44. The lowest BCUT2D eigenvalue weighted by Gasteiger charge is -2.07. The van der Waals surface area contributed by atoms with Gasteiger partial charge in [-0.3, -0.25) is 4.79 Å². The van der Waals surface area contributed by atoms with Crippen molar-refractivity contribution in [3.63, 3.8) is 0 Å². The lowest BCUT2D eigenvalue weighted by atomic mass is 10.1. The zero-order chi connectivity index (χ0) is 17.0. The van der Waals surface area contributed by atoms with Gasteiger partial charge in [0.15, 0.2) is 0 Å². The van der Waals surface area contributed by atoms with Crippen molar-refractivity contribution in [2.45, 2.75) is 6.92 Å². The number of phenols is 1. The Balaban J connectivity index is 2.32. The van der Waals surface area contributed by atoms with Crippen LogP contribution in [0.15, 0.2) is 50.9 Å². The van der Waals surface area contributed by atoms with E-state index in [-0.39, 0.29) is 11.3 Å². The summed E-state index contributed by atoms with van der Waals surface area (Å²) in [6.45, 7) is 1.91. The van der Waals surface area contributed by atoms with E-state index in [2.05, 4.69) is 37.2 Å². The molecule has 0 unspecified atom stereocenters. The summed E-state index contributed by atoms with van der Waals surface area (Å²) in [5.74, 6) is -0.571. The average molecular weight is 436 g/mol. The smallest absolute Gasteiger partial charge is 0.266 e. The highest BCUT2D eigenvalue weighted by molar-refractivity contribution is 9.11. The van der Waals surface area contributed by atoms with E-state index in [4.69, 9.17) is 0 Å². The Labute approximate surface area is 150 Å². The summed E-state index contributed by atoms with van der Waals surface area (Å²) >= 11 is 6.52. The van der Waals surface area contributed by atoms with Crippen molar-refractivity contribution in [2.75, 3.05) is 5.32 Å². The van der Waals surface area contributed by atoms with E-state index in [1.165, 1.54) is 6.08 Å². The lowest BCUT2D eigenvalue weighted by molar-refractivity contribution is -0.112. The molecule has 6 heteroatoms. The van der Waals surface area contributed by atoms with Crippen LogP contribution >= 0.6 is 31.9 Å². The van der Waals surface area contributed by atoms with Gasteiger partial charge in [0.05, 0.1) is 4.47 Å². The van der Waals surface area contributed by atoms with Gasteiger partial charge >= 0.3 is 0 Å². The first-order chi connectivity index (χ1) is 10.9. The summed E-state index contributed by atoms with van der Waals surface area (Å²) in [5, 5.41) is 21.9. The number of anilines is 1. The van der Waals surface area contributed by atoms with Crippen LogP contribution in [-0.2, 0) is 4.79 Å². The van der Waals surface area contributed by atoms with E-state index in [1.807, 2.05) is 25.1 Å². The summed E-state index contributed by atoms with van der Waals surface area (Å²) in [7, 11) is 0. The standard InChI is InChI=1S/C17H12Br2N2O2/c1-10-3-2-4-14(5-10)21-17(23)12(9-20)6-11-7-13(18)8-15(19)16(11)22/h2-8,22H,1H3,(H,21,23)/b12-6-. The number of rotatable bonds is 3. The van der Waals surface area contributed by atoms with Gasteiger partial charge in [0, 0.05) is 15.7 Å². The van der Waals surface area contributed by atoms with Crippen LogP contribution in [0.25, 0.3) is 6.08 Å². The van der Waals surface area contributed by atoms with Crippen molar-refractivity contribution in [2.24, 2.45) is 0 Å². The molecule has 116 valence electrons. The molecule has 4 nitrogen and oxygen atoms in total. The summed E-state index contributed by atoms with van der Waals surface area (Å²) in [4.78, 5) is 12.2. The van der Waals surface area contributed by atoms with Gasteiger partial charge in [-0.2, -0.15) is 5.26 Å². The zero-order valence-electron chi connectivity index (χ0n) is 12.1. The minimum Gasteiger partial charge on any atom is -0.506 e. The van der Waals surface area contributed by atoms with Crippen LogP contribution in [0.3, 0.4) is 0 Å². The number of benzene rings is 2. The molecule has 0 saturated heterocycles. The van der Waals surface area contributed by atoms with Crippen molar-refractivity contribution >= 4 is 49.5 Å². The minimum absolute atomic E-state index is 0.0377. The first kappa shape index (κ1) is 17.3. The van der Waals surface area contributed by atoms with Gasteiger partial charge in [0.2, 0.25) is 0 Å². The predicted molar refractivity (Wildman–Crippen MR) is 96.9 cm³/mol. The number of carbonyl (C=O) groups is 1. The number of hydrogen-bond acceptors (Lipinski definition) is 3. The molecule has 0 aliphatic carbocycles. The molecule has 0 aliphatic rings. The number of hydrogen-bond donors (Lipinski definition) is 2. The fourth-order valence-electron chi connectivity index (χ4n) is 1.92. The number of amides is 1. The zero-order valence-corrected chi connectivity index (χ0v) is 15.3. The maximum atomic E-state index is 12.2. The Morgan fingerprint density at radius 1 is 1.30 bits per heavy atom. The molecule has 2 aromatic rings. The topological polar surface area (TPSA) is 73.1 Å². The van der Waals surface area contributed by atoms with Gasteiger partial charge in [-0.05, 0) is 58.8 Å². The van der Waals surface area contributed by atoms with Crippen LogP contribution < -0.4 is 5.32 Å². The third-order valence-electron chi connectivity index (χ3n) is 3.00. The summed E-state index contributed by atoms with van der Waals surface area (Å²) in [5.41, 5.74) is 1.86. The van der Waals surface area contributed by atoms with Gasteiger partial charge in [0.1, 0.15) is 17.4 Å². The molecule has 1 amide bonds. The van der Waals surface area contributed by atoms with E-state index in [0.717, 1.165) is 5.56 Å². The first-order valence-corrected chi connectivity index (χ1v) is 8.17. The Morgan fingerprint density at radius 3 is 2.70 bits per heavy atom. The third-order valence-corrected chi connectivity index (χ3v) is 4.06. The van der Waals surface area contributed by atoms with E-state index in [9.17, 15) is 15.2 Å². The van der Waals surface area contributed by atoms with Crippen LogP contribution in [0.5, 0.6) is 5.75 Å². The number of nitriles is 1. The Morgan fingerprint density at radius 2 is 2.04 bits per heavy atom. The predicted octanol–water partition coefficient (Wildman–Crippen LogP) is 4.77. The molecular weight excluding hydrogens is 424 g/mol. The maximum absolute atomic E-state index is 12.2. The Hall–Kier alpha value is -2.10. The number of carbonyl (C=O) groups excluding carboxylic acids is 1. The fraction of sp³-hybridized carbons (Fsp3) is 0.0588. The Bertz CT molecular complexity index is 839. The van der Waals surface area contributed by atoms with Crippen molar-refractivity contribution in [1.82, 2.24) is 0 Å². The molecule has 0 atom stereocenters. The van der Waals surface area contributed by atoms with Crippen molar-refractivity contribution in [3.05, 3.63) is 62.0 Å². The van der Waals surface area contributed by atoms with Crippen LogP contribution in [0.4, 0.5) is 5.69 Å². The van der Waals surface area contributed by atoms with Gasteiger partial charge in [-0.25, -0.2) is 0 Å². The van der Waals surface area contributed by atoms with Crippen molar-refractivity contribution in [3.8, 4) is 11.8 Å². The van der Waals surface area contributed by atoms with Gasteiger partial charge in [-0.15, -0.1) is 0 Å². The molecule has 2 rings (SSSR count). The normalized spacial score (nSPS) is 11.0. The highest BCUT2D eigenvalue weighted by Gasteiger charge is 2.12. The van der Waals surface area contributed by atoms with Crippen LogP contribution in [-0.4, -0.2) is 11.0 Å². The number of nitrogens with zero attached hydrogens (tertiary/aromatic N) is 1. The van der Waals surface area contributed by atoms with E-state index in [0.29, 0.717) is 20.2 Å². The highest BCUT2D eigenvalue weighted by Crippen LogP contribution is 2.33. The second-order valence-corrected chi connectivity index (χ2v) is 6.59. The lowest BCUT2D eigenvalue weighted by Crippen LogP contribution is -2.13. The van der Waals surface area contributed by atoms with Gasteiger partial charge < -0.3 is 10.4 Å². The molecule has 0 aliphatic heterocycles. The quantitative estimate of drug-likeness (QED) is 0.538. The first-order valence-electron chi connectivity index (χ1n) is 6.58. The molecule has 0 radical (unpaired) electrons. The van der Waals surface area contributed by atoms with E-state index < -0.39 is 5.91 Å². The number of aryl methyl sites for hydroxylation is 1. The molecule has 0 heterocycles. The van der Waals surface area contributed by atoms with Crippen LogP contribution in [0, 0.1) is 18.3 Å². The van der Waals surface area contributed by atoms with E-state index >= 15 is 0 Å². The van der Waals surface area contributed by atoms with Crippen LogP contribution in [0.2, 0.25) is 0 Å². The summed E-state index contributed by atoms with van der Waals surface area (Å²) in [6.07, 6.45) is 1.34. The minimum atomic E-state index is -0.534.